The molecule has 1 aliphatic carbocycles. The van der Waals surface area contributed by atoms with Crippen molar-refractivity contribution in [3.8, 4) is 0 Å². The molecule has 0 spiro atoms. The fourth-order valence-corrected chi connectivity index (χ4v) is 4.44. The molecule has 1 aromatic carbocycles. The maximum atomic E-state index is 12.9. The number of allylic oxidation sites excluding steroid dienone is 1. The van der Waals surface area contributed by atoms with Crippen LogP contribution in [0.1, 0.15) is 70.3 Å². The van der Waals surface area contributed by atoms with Gasteiger partial charge < -0.3 is 4.74 Å². The number of nitrogens with zero attached hydrogens (tertiary/aromatic N) is 1. The summed E-state index contributed by atoms with van der Waals surface area (Å²) in [5.74, 6) is 0.195. The van der Waals surface area contributed by atoms with Gasteiger partial charge in [-0.3, -0.25) is 14.5 Å². The molecule has 3 rings (SSSR count). The predicted molar refractivity (Wildman–Crippen MR) is 116 cm³/mol. The minimum Gasteiger partial charge on any atom is -0.466 e. The Hall–Kier alpha value is -1.94. The zero-order valence-electron chi connectivity index (χ0n) is 17.8. The molecule has 1 saturated heterocycles. The Morgan fingerprint density at radius 2 is 1.90 bits per heavy atom. The highest BCUT2D eigenvalue weighted by atomic mass is 16.5. The number of ketones is 1. The zero-order valence-corrected chi connectivity index (χ0v) is 17.8. The van der Waals surface area contributed by atoms with Crippen LogP contribution in [-0.2, 0) is 19.7 Å². The summed E-state index contributed by atoms with van der Waals surface area (Å²) in [6, 6.07) is 10.6. The van der Waals surface area contributed by atoms with Crippen molar-refractivity contribution in [1.82, 2.24) is 4.90 Å². The number of esters is 1. The minimum absolute atomic E-state index is 0.0779. The smallest absolute Gasteiger partial charge is 0.305 e. The van der Waals surface area contributed by atoms with Crippen molar-refractivity contribution < 1.29 is 14.3 Å². The van der Waals surface area contributed by atoms with Gasteiger partial charge in [0.1, 0.15) is 0 Å². The molecular weight excluding hydrogens is 362 g/mol. The standard InChI is InChI=1S/C25H35NO3/c1-2-29-24(28)14-8-3-4-9-19-26-20-10-13-22(26)15-16-23(27)25(17-18-25)21-11-6-5-7-12-21/h5-7,11-12,15-16,22H,2-4,8-10,13-14,17-20H2,1H3. The van der Waals surface area contributed by atoms with E-state index in [1.54, 1.807) is 0 Å². The van der Waals surface area contributed by atoms with E-state index in [-0.39, 0.29) is 17.2 Å². The van der Waals surface area contributed by atoms with Gasteiger partial charge >= 0.3 is 5.97 Å². The van der Waals surface area contributed by atoms with E-state index in [1.165, 1.54) is 12.0 Å². The van der Waals surface area contributed by atoms with E-state index in [1.807, 2.05) is 31.2 Å². The number of rotatable bonds is 12. The maximum absolute atomic E-state index is 12.9. The molecule has 158 valence electrons. The van der Waals surface area contributed by atoms with Crippen LogP contribution in [0, 0.1) is 0 Å². The number of unbranched alkanes of at least 4 members (excludes halogenated alkanes) is 3. The summed E-state index contributed by atoms with van der Waals surface area (Å²) in [4.78, 5) is 26.7. The Labute approximate surface area is 175 Å². The molecule has 1 unspecified atom stereocenters. The Morgan fingerprint density at radius 3 is 2.62 bits per heavy atom. The highest BCUT2D eigenvalue weighted by Gasteiger charge is 2.49. The molecule has 0 aromatic heterocycles. The Morgan fingerprint density at radius 1 is 1.14 bits per heavy atom. The summed E-state index contributed by atoms with van der Waals surface area (Å²) >= 11 is 0. The number of hydrogen-bond donors (Lipinski definition) is 0. The van der Waals surface area contributed by atoms with Crippen LogP contribution in [0.2, 0.25) is 0 Å². The van der Waals surface area contributed by atoms with Crippen molar-refractivity contribution in [3.05, 3.63) is 48.0 Å². The van der Waals surface area contributed by atoms with E-state index in [4.69, 9.17) is 4.74 Å². The Bertz CT molecular complexity index is 693. The molecule has 2 aliphatic rings. The zero-order chi connectivity index (χ0) is 20.5. The van der Waals surface area contributed by atoms with Crippen LogP contribution < -0.4 is 0 Å². The molecule has 0 radical (unpaired) electrons. The molecule has 1 heterocycles. The number of ether oxygens (including phenoxy) is 1. The van der Waals surface area contributed by atoms with Crippen molar-refractivity contribution in [3.63, 3.8) is 0 Å². The second-order valence-electron chi connectivity index (χ2n) is 8.39. The third-order valence-corrected chi connectivity index (χ3v) is 6.31. The minimum atomic E-state index is -0.250. The molecule has 0 amide bonds. The molecule has 1 saturated carbocycles. The SMILES string of the molecule is CCOC(=O)CCCCCCN1CCCC1C=CC(=O)C1(c2ccccc2)CC1. The first-order valence-electron chi connectivity index (χ1n) is 11.3. The summed E-state index contributed by atoms with van der Waals surface area (Å²) in [7, 11) is 0. The lowest BCUT2D eigenvalue weighted by molar-refractivity contribution is -0.143. The Kier molecular flexibility index (Phi) is 8.05. The first-order chi connectivity index (χ1) is 14.2. The molecule has 4 heteroatoms. The molecular formula is C25H35NO3. The molecule has 1 aliphatic heterocycles. The van der Waals surface area contributed by atoms with Crippen LogP contribution in [-0.4, -0.2) is 42.4 Å². The first kappa shape index (κ1) is 21.8. The second-order valence-corrected chi connectivity index (χ2v) is 8.39. The van der Waals surface area contributed by atoms with Crippen molar-refractivity contribution in [2.45, 2.75) is 76.2 Å². The van der Waals surface area contributed by atoms with Gasteiger partial charge in [-0.25, -0.2) is 0 Å². The third-order valence-electron chi connectivity index (χ3n) is 6.31. The van der Waals surface area contributed by atoms with Crippen LogP contribution in [0.3, 0.4) is 0 Å². The molecule has 1 aromatic rings. The predicted octanol–water partition coefficient (Wildman–Crippen LogP) is 4.82. The monoisotopic (exact) mass is 397 g/mol. The molecule has 0 bridgehead atoms. The summed E-state index contributed by atoms with van der Waals surface area (Å²) < 4.78 is 4.96. The summed E-state index contributed by atoms with van der Waals surface area (Å²) in [6.07, 6.45) is 13.1. The van der Waals surface area contributed by atoms with Gasteiger partial charge in [-0.15, -0.1) is 0 Å². The van der Waals surface area contributed by atoms with Crippen molar-refractivity contribution in [2.24, 2.45) is 0 Å². The normalized spacial score (nSPS) is 20.8. The van der Waals surface area contributed by atoms with Crippen LogP contribution in [0.4, 0.5) is 0 Å². The Balaban J connectivity index is 1.39. The topological polar surface area (TPSA) is 46.6 Å². The van der Waals surface area contributed by atoms with Crippen molar-refractivity contribution in [2.75, 3.05) is 19.7 Å². The molecule has 4 nitrogen and oxygen atoms in total. The summed E-state index contributed by atoms with van der Waals surface area (Å²) in [5, 5.41) is 0. The quantitative estimate of drug-likeness (QED) is 0.288. The van der Waals surface area contributed by atoms with E-state index >= 15 is 0 Å². The van der Waals surface area contributed by atoms with Gasteiger partial charge in [-0.1, -0.05) is 49.2 Å². The lowest BCUT2D eigenvalue weighted by Crippen LogP contribution is -2.29. The first-order valence-corrected chi connectivity index (χ1v) is 11.3. The average Bonchev–Trinajstić information content (AvgIpc) is 3.43. The van der Waals surface area contributed by atoms with Crippen LogP contribution >= 0.6 is 0 Å². The molecule has 29 heavy (non-hydrogen) atoms. The van der Waals surface area contributed by atoms with E-state index < -0.39 is 0 Å². The third kappa shape index (κ3) is 6.02. The van der Waals surface area contributed by atoms with Crippen LogP contribution in [0.25, 0.3) is 0 Å². The lowest BCUT2D eigenvalue weighted by atomic mass is 9.91. The van der Waals surface area contributed by atoms with E-state index in [2.05, 4.69) is 23.1 Å². The number of likely N-dealkylation sites (tertiary alicyclic amines) is 1. The van der Waals surface area contributed by atoms with Crippen LogP contribution in [0.15, 0.2) is 42.5 Å². The van der Waals surface area contributed by atoms with E-state index in [0.29, 0.717) is 19.1 Å². The molecule has 2 fully saturated rings. The van der Waals surface area contributed by atoms with Crippen LogP contribution in [0.5, 0.6) is 0 Å². The number of carbonyl (C=O) groups excluding carboxylic acids is 2. The number of carbonyl (C=O) groups is 2. The van der Waals surface area contributed by atoms with Crippen molar-refractivity contribution >= 4 is 11.8 Å². The van der Waals surface area contributed by atoms with Gasteiger partial charge in [0.2, 0.25) is 0 Å². The fourth-order valence-electron chi connectivity index (χ4n) is 4.44. The summed E-state index contributed by atoms with van der Waals surface area (Å²) in [6.45, 7) is 4.51. The van der Waals surface area contributed by atoms with Gasteiger partial charge in [0, 0.05) is 12.5 Å². The van der Waals surface area contributed by atoms with Gasteiger partial charge in [0.05, 0.1) is 12.0 Å². The highest BCUT2D eigenvalue weighted by Crippen LogP contribution is 2.49. The van der Waals surface area contributed by atoms with Crippen molar-refractivity contribution in [1.29, 1.82) is 0 Å². The molecule has 1 atom stereocenters. The van der Waals surface area contributed by atoms with Gasteiger partial charge in [0.15, 0.2) is 5.78 Å². The molecule has 0 N–H and O–H groups in total. The van der Waals surface area contributed by atoms with Gasteiger partial charge in [-0.05, 0) is 70.2 Å². The fraction of sp³-hybridized carbons (Fsp3) is 0.600. The highest BCUT2D eigenvalue weighted by molar-refractivity contribution is 6.01. The maximum Gasteiger partial charge on any atom is 0.305 e. The van der Waals surface area contributed by atoms with E-state index in [9.17, 15) is 9.59 Å². The number of hydrogen-bond acceptors (Lipinski definition) is 4. The summed E-state index contributed by atoms with van der Waals surface area (Å²) in [5.41, 5.74) is 0.917. The average molecular weight is 398 g/mol. The van der Waals surface area contributed by atoms with Gasteiger partial charge in [0.25, 0.3) is 0 Å². The number of benzene rings is 1. The largest absolute Gasteiger partial charge is 0.466 e. The van der Waals surface area contributed by atoms with E-state index in [0.717, 1.165) is 58.0 Å². The van der Waals surface area contributed by atoms with Gasteiger partial charge in [-0.2, -0.15) is 0 Å². The second kappa shape index (κ2) is 10.7. The lowest BCUT2D eigenvalue weighted by Gasteiger charge is -2.22.